The molecule has 6 heterocycles. The number of hydrogen-bond donors (Lipinski definition) is 8. The molecule has 30 nitrogen and oxygen atoms in total. The van der Waals surface area contributed by atoms with Crippen LogP contribution in [0.2, 0.25) is 15.1 Å². The van der Waals surface area contributed by atoms with Crippen LogP contribution in [0.15, 0.2) is 325 Å². The summed E-state index contributed by atoms with van der Waals surface area (Å²) in [5.74, 6) is -2.76. The third-order valence-corrected chi connectivity index (χ3v) is 26.5. The molecule has 35 heteroatoms. The number of fused-ring (bicyclic) bond motifs is 7. The zero-order valence-corrected chi connectivity index (χ0v) is 82.0. The zero-order chi connectivity index (χ0) is 104. The lowest BCUT2D eigenvalue weighted by Gasteiger charge is -2.17. The highest BCUT2D eigenvalue weighted by Gasteiger charge is 2.34. The predicted octanol–water partition coefficient (Wildman–Crippen LogP) is 15.7. The molecule has 6 aromatic heterocycles. The number of benzene rings is 7. The van der Waals surface area contributed by atoms with Gasteiger partial charge in [-0.05, 0) is 201 Å². The number of aromatic hydroxyl groups is 2. The van der Waals surface area contributed by atoms with Gasteiger partial charge in [-0.2, -0.15) is 0 Å². The quantitative estimate of drug-likeness (QED) is 0.0211. The maximum absolute atomic E-state index is 13.5. The maximum atomic E-state index is 13.5. The molecular weight excluding hydrogens is 1940 g/mol. The molecule has 0 aliphatic heterocycles. The highest BCUT2D eigenvalue weighted by atomic mass is 35.5. The Morgan fingerprint density at radius 3 is 1.05 bits per heavy atom. The zero-order valence-electron chi connectivity index (χ0n) is 78.9. The molecule has 6 aliphatic carbocycles. The van der Waals surface area contributed by atoms with Gasteiger partial charge in [-0.15, -0.1) is 0 Å². The fourth-order valence-corrected chi connectivity index (χ4v) is 18.4. The summed E-state index contributed by atoms with van der Waals surface area (Å²) < 4.78 is 45.0. The maximum Gasteiger partial charge on any atom is 0.228 e. The highest BCUT2D eigenvalue weighted by molar-refractivity contribution is 7.91. The van der Waals surface area contributed by atoms with Gasteiger partial charge in [0.05, 0.1) is 85.3 Å². The molecule has 13 aromatic rings. The van der Waals surface area contributed by atoms with Crippen molar-refractivity contribution in [1.29, 1.82) is 0 Å². The van der Waals surface area contributed by atoms with Gasteiger partial charge < -0.3 is 51.8 Å². The summed E-state index contributed by atoms with van der Waals surface area (Å²) >= 11 is 18.3. The number of rotatable bonds is 28. The van der Waals surface area contributed by atoms with Gasteiger partial charge in [0.25, 0.3) is 0 Å². The number of phenols is 2. The Morgan fingerprint density at radius 1 is 0.349 bits per heavy atom. The normalized spacial score (nSPS) is 13.5. The molecule has 19 rings (SSSR count). The molecular formula is C111H93Cl3FN13O17S. The summed E-state index contributed by atoms with van der Waals surface area (Å²) in [5.41, 5.74) is 9.77. The van der Waals surface area contributed by atoms with Crippen molar-refractivity contribution in [1.82, 2.24) is 61.8 Å². The number of methoxy groups -OCH3 is 1. The number of ether oxygens (including phenoxy) is 1. The molecule has 738 valence electrons. The fourth-order valence-electron chi connectivity index (χ4n) is 16.1. The van der Waals surface area contributed by atoms with Crippen molar-refractivity contribution in [3.8, 4) is 17.2 Å². The van der Waals surface area contributed by atoms with Gasteiger partial charge in [0, 0.05) is 164 Å². The van der Waals surface area contributed by atoms with E-state index in [-0.39, 0.29) is 179 Å². The summed E-state index contributed by atoms with van der Waals surface area (Å²) in [6.07, 6.45) is 19.7. The lowest BCUT2D eigenvalue weighted by Crippen LogP contribution is -2.29. The smallest absolute Gasteiger partial charge is 0.228 e. The van der Waals surface area contributed by atoms with Crippen molar-refractivity contribution in [3.63, 3.8) is 0 Å². The monoisotopic (exact) mass is 2040 g/mol. The van der Waals surface area contributed by atoms with E-state index in [1.54, 1.807) is 147 Å². The molecule has 0 unspecified atom stereocenters. The third kappa shape index (κ3) is 25.3. The van der Waals surface area contributed by atoms with Gasteiger partial charge in [-0.1, -0.05) is 120 Å². The van der Waals surface area contributed by atoms with Crippen LogP contribution in [0.1, 0.15) is 165 Å². The van der Waals surface area contributed by atoms with Gasteiger partial charge in [-0.25, -0.2) is 12.8 Å². The van der Waals surface area contributed by atoms with E-state index in [1.807, 2.05) is 91.8 Å². The van der Waals surface area contributed by atoms with E-state index in [0.29, 0.717) is 129 Å². The van der Waals surface area contributed by atoms with E-state index in [9.17, 15) is 80.6 Å². The SMILES string of the molecule is CN(C)c1cccc2c(S(=O)(=O)CCCNC3=CC(=O)c4cccnc4C3=O)cccc12.COc1ccccc1CCNC1=CC(=O)c2cccnc2C1=O.Cc1c(O)cc(CCNC2=CC(=O)c3cccnc3C2=O)cc1O.O=C1C=C(NCCc2c(Cl)cccc2Cl)C(=O)c2ncccc21.O=C1C=C(NCCc2ccccc2Cl)C(=O)c2ncccc21.O=C1C=C(NCCc2ccccc2F)C(=O)c2ncccc21. The molecule has 0 fully saturated rings. The molecule has 0 spiro atoms. The van der Waals surface area contributed by atoms with Crippen LogP contribution in [0, 0.1) is 12.7 Å². The van der Waals surface area contributed by atoms with Crippen molar-refractivity contribution in [2.75, 3.05) is 71.1 Å². The van der Waals surface area contributed by atoms with Crippen molar-refractivity contribution in [2.45, 2.75) is 50.3 Å². The summed E-state index contributed by atoms with van der Waals surface area (Å²) in [6, 6.07) is 60.4. The number of anilines is 1. The summed E-state index contributed by atoms with van der Waals surface area (Å²) in [7, 11) is 1.91. The largest absolute Gasteiger partial charge is 0.508 e. The first kappa shape index (κ1) is 105. The summed E-state index contributed by atoms with van der Waals surface area (Å²) in [4.78, 5) is 173. The van der Waals surface area contributed by atoms with Crippen LogP contribution in [0.4, 0.5) is 10.1 Å². The van der Waals surface area contributed by atoms with E-state index in [4.69, 9.17) is 39.5 Å². The molecule has 0 atom stereocenters. The van der Waals surface area contributed by atoms with Crippen molar-refractivity contribution >= 4 is 130 Å². The van der Waals surface area contributed by atoms with E-state index < -0.39 is 9.84 Å². The van der Waals surface area contributed by atoms with Gasteiger partial charge >= 0.3 is 0 Å². The Kier molecular flexibility index (Phi) is 34.9. The Labute approximate surface area is 852 Å². The minimum Gasteiger partial charge on any atom is -0.508 e. The predicted molar refractivity (Wildman–Crippen MR) is 549 cm³/mol. The first-order chi connectivity index (χ1) is 70.4. The molecule has 0 radical (unpaired) electrons. The second-order valence-corrected chi connectivity index (χ2v) is 36.7. The first-order valence-corrected chi connectivity index (χ1v) is 48.6. The number of allylic oxidation sites excluding steroid dienone is 12. The molecule has 0 amide bonds. The minimum atomic E-state index is -3.55. The van der Waals surface area contributed by atoms with Crippen LogP contribution >= 0.6 is 34.8 Å². The fraction of sp³-hybridized carbons (Fsp3) is 0.153. The average molecular weight is 2040 g/mol. The van der Waals surface area contributed by atoms with Crippen molar-refractivity contribution in [2.24, 2.45) is 0 Å². The van der Waals surface area contributed by atoms with E-state index in [2.05, 4.69) is 61.8 Å². The van der Waals surface area contributed by atoms with Gasteiger partial charge in [0.15, 0.2) is 44.5 Å². The molecule has 6 aliphatic rings. The van der Waals surface area contributed by atoms with E-state index in [1.165, 1.54) is 79.7 Å². The first-order valence-electron chi connectivity index (χ1n) is 45.8. The average Bonchev–Trinajstić information content (AvgIpc) is 0.771. The number of ketones is 12. The Morgan fingerprint density at radius 2 is 0.664 bits per heavy atom. The number of sulfone groups is 1. The summed E-state index contributed by atoms with van der Waals surface area (Å²) in [6.45, 7) is 4.04. The number of halogens is 4. The number of aromatic nitrogens is 6. The molecule has 0 bridgehead atoms. The van der Waals surface area contributed by atoms with Crippen LogP contribution < -0.4 is 41.5 Å². The molecule has 0 saturated carbocycles. The number of nitrogens with zero attached hydrogens (tertiary/aromatic N) is 7. The third-order valence-electron chi connectivity index (χ3n) is 23.6. The second kappa shape index (κ2) is 48.6. The Bertz CT molecular complexity index is 7560. The Balaban J connectivity index is 0.000000139. The van der Waals surface area contributed by atoms with Crippen LogP contribution in [0.25, 0.3) is 10.8 Å². The number of para-hydroxylation sites is 1. The molecule has 146 heavy (non-hydrogen) atoms. The van der Waals surface area contributed by atoms with Crippen LogP contribution in [-0.4, -0.2) is 184 Å². The number of carbonyl (C=O) groups excluding carboxylic acids is 12. The van der Waals surface area contributed by atoms with Crippen molar-refractivity contribution < 1.29 is 85.3 Å². The number of pyridine rings is 6. The highest BCUT2D eigenvalue weighted by Crippen LogP contribution is 2.34. The Hall–Kier alpha value is -17.1. The van der Waals surface area contributed by atoms with Crippen LogP contribution in [0.5, 0.6) is 17.2 Å². The van der Waals surface area contributed by atoms with E-state index >= 15 is 0 Å². The van der Waals surface area contributed by atoms with Crippen LogP contribution in [-0.2, 0) is 41.9 Å². The lowest BCUT2D eigenvalue weighted by atomic mass is 9.97. The van der Waals surface area contributed by atoms with Gasteiger partial charge in [-0.3, -0.25) is 87.4 Å². The molecule has 8 N–H and O–H groups in total. The van der Waals surface area contributed by atoms with Gasteiger partial charge in [0.1, 0.15) is 57.2 Å². The number of carbonyl (C=O) groups is 12. The van der Waals surface area contributed by atoms with Crippen LogP contribution in [0.3, 0.4) is 0 Å². The van der Waals surface area contributed by atoms with Gasteiger partial charge in [0.2, 0.25) is 34.7 Å². The number of phenolic OH excluding ortho intramolecular Hbond substituents is 2. The van der Waals surface area contributed by atoms with Crippen molar-refractivity contribution in [3.05, 3.63) is 442 Å². The van der Waals surface area contributed by atoms with E-state index in [0.717, 1.165) is 39.1 Å². The lowest BCUT2D eigenvalue weighted by molar-refractivity contribution is 0.0974. The topological polar surface area (TPSA) is 441 Å². The number of hydrogen-bond acceptors (Lipinski definition) is 30. The second-order valence-electron chi connectivity index (χ2n) is 33.4. The minimum absolute atomic E-state index is 0.0197. The molecule has 0 saturated heterocycles. The number of nitrogens with one attached hydrogen (secondary N) is 6. The standard InChI is InChI=1S/C24H23N3O4S.C18H16N2O4.C18H16N2O3.C17H12Cl2N2O2.C17H13ClN2O2.C17H13FN2O2/c1-27(2)20-10-3-8-17-16(20)7-4-11-22(17)32(30,31)14-6-13-25-19-15-21(28)18-9-5-12-26-23(18)24(19)29;1-10-14(21)7-11(8-15(10)22)4-6-19-13-9-16(23)12-3-2-5-20-17(12)18(13)24;1-23-16-7-3-2-5-12(16)8-10-19-14-11-15(21)13-6-4-9-20-17(13)18(14)22;18-12-4-1-5-13(19)10(12)6-8-20-14-9-15(22)11-3-2-7-21-16(11)17(14)23;2*18-13-6-2-1-4-11(13)7-9-19-14-10-15(21)12-5-3-8-20-16(12)17(14)22/h3-5,7-12,15,25H,6,13-14H2,1-2H3;2-3,5,7-9,19,21-22H,4,6H2,1H3;2-7,9,11,19H,8,10H2,1H3;1-5,7,9,20H,6,8H2;2*1-6,8,10,19H,7,9H2. The number of Topliss-reactive ketones (excluding diaryl/α,β-unsaturated/α-hetero) is 6. The summed E-state index contributed by atoms with van der Waals surface area (Å²) in [5, 5.41) is 40.6. The molecule has 7 aromatic carbocycles.